The van der Waals surface area contributed by atoms with Crippen molar-refractivity contribution in [2.45, 2.75) is 29.8 Å². The summed E-state index contributed by atoms with van der Waals surface area (Å²) in [5, 5.41) is 0. The third kappa shape index (κ3) is 3.63. The lowest BCUT2D eigenvalue weighted by Gasteiger charge is -2.40. The SMILES string of the molecule is O=[S+]1([O-])NC2(CCN(Cc3ccc(Cl)s3)CC2)COc2ccccc21. The molecule has 0 radical (unpaired) electrons. The Kier molecular flexibility index (Phi) is 4.64. The summed E-state index contributed by atoms with van der Waals surface area (Å²) in [5.74, 6) is 0.433. The van der Waals surface area contributed by atoms with E-state index in [2.05, 4.69) is 9.62 Å². The van der Waals surface area contributed by atoms with Gasteiger partial charge in [0, 0.05) is 24.5 Å². The van der Waals surface area contributed by atoms with Gasteiger partial charge in [0.25, 0.3) is 0 Å². The third-order valence-corrected chi connectivity index (χ3v) is 7.65. The van der Waals surface area contributed by atoms with E-state index in [0.717, 1.165) is 36.8 Å². The zero-order chi connectivity index (χ0) is 17.5. The van der Waals surface area contributed by atoms with Crippen LogP contribution in [0.5, 0.6) is 5.75 Å². The summed E-state index contributed by atoms with van der Waals surface area (Å²) in [4.78, 5) is 3.79. The molecular weight excluding hydrogens is 380 g/mol. The number of nitrogens with zero attached hydrogens (tertiary/aromatic N) is 1. The number of halogens is 1. The molecule has 25 heavy (non-hydrogen) atoms. The van der Waals surface area contributed by atoms with Crippen LogP contribution >= 0.6 is 22.9 Å². The molecule has 2 aliphatic rings. The fourth-order valence-electron chi connectivity index (χ4n) is 3.42. The minimum atomic E-state index is -3.57. The fourth-order valence-corrected chi connectivity index (χ4v) is 6.14. The van der Waals surface area contributed by atoms with Crippen LogP contribution in [0.3, 0.4) is 0 Å². The number of hydrogen-bond donors (Lipinski definition) is 1. The van der Waals surface area contributed by atoms with Gasteiger partial charge < -0.3 is 9.29 Å². The summed E-state index contributed by atoms with van der Waals surface area (Å²) >= 11 is 7.59. The summed E-state index contributed by atoms with van der Waals surface area (Å²) in [6, 6.07) is 10.8. The highest BCUT2D eigenvalue weighted by Crippen LogP contribution is 2.35. The number of sulfonamides is 1. The van der Waals surface area contributed by atoms with E-state index in [0.29, 0.717) is 12.4 Å². The molecule has 0 amide bonds. The molecule has 0 bridgehead atoms. The topological polar surface area (TPSA) is 64.6 Å². The van der Waals surface area contributed by atoms with Crippen molar-refractivity contribution in [2.75, 3.05) is 19.7 Å². The highest BCUT2D eigenvalue weighted by molar-refractivity contribution is 7.96. The van der Waals surface area contributed by atoms with E-state index < -0.39 is 15.9 Å². The lowest BCUT2D eigenvalue weighted by molar-refractivity contribution is 0.102. The van der Waals surface area contributed by atoms with Crippen LogP contribution in [-0.4, -0.2) is 34.7 Å². The van der Waals surface area contributed by atoms with E-state index in [1.54, 1.807) is 35.6 Å². The number of likely N-dealkylation sites (tertiary alicyclic amines) is 1. The summed E-state index contributed by atoms with van der Waals surface area (Å²) in [7, 11) is -3.57. The van der Waals surface area contributed by atoms with Crippen LogP contribution in [0.15, 0.2) is 41.3 Å². The summed E-state index contributed by atoms with van der Waals surface area (Å²) in [6.07, 6.45) is 1.44. The molecule has 1 aromatic heterocycles. The molecule has 0 aliphatic carbocycles. The lowest BCUT2D eigenvalue weighted by atomic mass is 9.89. The standard InChI is InChI=1S/C17H19ClN2O3S2/c18-16-6-5-13(24-16)11-20-9-7-17(8-10-20)12-23-14-3-1-2-4-15(14)25(21,22)19-17/h1-6H,7-12H2,(H-,19,21,22). The van der Waals surface area contributed by atoms with Crippen molar-refractivity contribution in [1.29, 1.82) is 0 Å². The number of nitrogens with one attached hydrogen (secondary N) is 1. The molecule has 2 aromatic rings. The van der Waals surface area contributed by atoms with Crippen molar-refractivity contribution in [1.82, 2.24) is 9.62 Å². The molecule has 4 rings (SSSR count). The number of hydrogen-bond acceptors (Lipinski definition) is 5. The maximum atomic E-state index is 12.7. The Bertz CT molecular complexity index is 818. The van der Waals surface area contributed by atoms with E-state index in [9.17, 15) is 8.76 Å². The van der Waals surface area contributed by atoms with Gasteiger partial charge in [-0.15, -0.1) is 16.1 Å². The number of thiophene rings is 1. The van der Waals surface area contributed by atoms with Crippen molar-refractivity contribution < 1.29 is 13.5 Å². The normalized spacial score (nSPS) is 26.0. The number of para-hydroxylation sites is 1. The van der Waals surface area contributed by atoms with Crippen LogP contribution in [0, 0.1) is 0 Å². The molecule has 134 valence electrons. The highest BCUT2D eigenvalue weighted by atomic mass is 35.5. The van der Waals surface area contributed by atoms with Gasteiger partial charge >= 0.3 is 0 Å². The second-order valence-electron chi connectivity index (χ2n) is 6.60. The van der Waals surface area contributed by atoms with Crippen LogP contribution in [0.4, 0.5) is 0 Å². The molecule has 8 heteroatoms. The van der Waals surface area contributed by atoms with Gasteiger partial charge in [-0.25, -0.2) is 0 Å². The predicted molar refractivity (Wildman–Crippen MR) is 98.7 cm³/mol. The predicted octanol–water partition coefficient (Wildman–Crippen LogP) is 3.32. The van der Waals surface area contributed by atoms with Gasteiger partial charge in [0.2, 0.25) is 4.90 Å². The Morgan fingerprint density at radius 2 is 2.04 bits per heavy atom. The first-order chi connectivity index (χ1) is 12.0. The van der Waals surface area contributed by atoms with Crippen LogP contribution in [0.1, 0.15) is 17.7 Å². The first-order valence-electron chi connectivity index (χ1n) is 8.18. The Labute approximate surface area is 157 Å². The molecule has 1 aromatic carbocycles. The second-order valence-corrected chi connectivity index (χ2v) is 10.1. The van der Waals surface area contributed by atoms with E-state index in [4.69, 9.17) is 16.3 Å². The first kappa shape index (κ1) is 17.5. The molecule has 2 aliphatic heterocycles. The molecule has 0 saturated carbocycles. The zero-order valence-electron chi connectivity index (χ0n) is 13.6. The molecule has 1 saturated heterocycles. The van der Waals surface area contributed by atoms with Crippen molar-refractivity contribution in [3.63, 3.8) is 0 Å². The minimum absolute atomic E-state index is 0.225. The van der Waals surface area contributed by atoms with E-state index >= 15 is 0 Å². The average molecular weight is 399 g/mol. The molecule has 5 nitrogen and oxygen atoms in total. The highest BCUT2D eigenvalue weighted by Gasteiger charge is 2.45. The molecule has 1 spiro atoms. The van der Waals surface area contributed by atoms with E-state index in [-0.39, 0.29) is 4.90 Å². The van der Waals surface area contributed by atoms with Gasteiger partial charge in [-0.2, -0.15) is 0 Å². The molecule has 1 fully saturated rings. The van der Waals surface area contributed by atoms with Crippen molar-refractivity contribution in [3.8, 4) is 5.75 Å². The molecule has 1 N–H and O–H groups in total. The Morgan fingerprint density at radius 3 is 2.76 bits per heavy atom. The number of piperidine rings is 1. The van der Waals surface area contributed by atoms with E-state index in [1.165, 1.54) is 4.88 Å². The van der Waals surface area contributed by atoms with Gasteiger partial charge in [-0.05, 0) is 37.1 Å². The van der Waals surface area contributed by atoms with E-state index in [1.807, 2.05) is 12.1 Å². The van der Waals surface area contributed by atoms with Gasteiger partial charge in [-0.1, -0.05) is 27.9 Å². The van der Waals surface area contributed by atoms with Crippen molar-refractivity contribution >= 4 is 33.3 Å². The Balaban J connectivity index is 1.47. The largest absolute Gasteiger partial charge is 0.593 e. The number of rotatable bonds is 2. The molecular formula is C17H19ClN2O3S2. The number of ether oxygens (including phenoxy) is 1. The third-order valence-electron chi connectivity index (χ3n) is 4.81. The van der Waals surface area contributed by atoms with Crippen molar-refractivity contribution in [2.24, 2.45) is 0 Å². The average Bonchev–Trinajstić information content (AvgIpc) is 2.95. The monoisotopic (exact) mass is 398 g/mol. The van der Waals surface area contributed by atoms with Gasteiger partial charge in [0.05, 0.1) is 9.88 Å². The maximum Gasteiger partial charge on any atom is 0.216 e. The number of benzene rings is 1. The lowest BCUT2D eigenvalue weighted by Crippen LogP contribution is -2.58. The van der Waals surface area contributed by atoms with Crippen LogP contribution in [-0.2, 0) is 21.2 Å². The minimum Gasteiger partial charge on any atom is -0.593 e. The second kappa shape index (κ2) is 6.64. The van der Waals surface area contributed by atoms with Crippen molar-refractivity contribution in [3.05, 3.63) is 45.6 Å². The zero-order valence-corrected chi connectivity index (χ0v) is 16.0. The fraction of sp³-hybridized carbons (Fsp3) is 0.412. The number of fused-ring (bicyclic) bond motifs is 1. The van der Waals surface area contributed by atoms with Crippen LogP contribution < -0.4 is 9.46 Å². The first-order valence-corrected chi connectivity index (χ1v) is 10.9. The van der Waals surface area contributed by atoms with Crippen LogP contribution in [0.25, 0.3) is 0 Å². The summed E-state index contributed by atoms with van der Waals surface area (Å²) in [5.41, 5.74) is -0.540. The molecule has 3 heterocycles. The maximum absolute atomic E-state index is 12.7. The van der Waals surface area contributed by atoms with Gasteiger partial charge in [-0.3, -0.25) is 4.90 Å². The van der Waals surface area contributed by atoms with Gasteiger partial charge in [0.1, 0.15) is 6.61 Å². The molecule has 1 unspecified atom stereocenters. The smallest absolute Gasteiger partial charge is 0.216 e. The van der Waals surface area contributed by atoms with Gasteiger partial charge in [0.15, 0.2) is 16.1 Å². The van der Waals surface area contributed by atoms with Crippen LogP contribution in [0.2, 0.25) is 4.34 Å². The Morgan fingerprint density at radius 1 is 1.28 bits per heavy atom. The Hall–Kier alpha value is -0.960. The quantitative estimate of drug-likeness (QED) is 0.788. The summed E-state index contributed by atoms with van der Waals surface area (Å²) in [6.45, 7) is 2.85. The summed E-state index contributed by atoms with van der Waals surface area (Å²) < 4.78 is 35.0. The molecule has 1 atom stereocenters.